The lowest BCUT2D eigenvalue weighted by atomic mass is 10.1. The van der Waals surface area contributed by atoms with Gasteiger partial charge in [0.1, 0.15) is 0 Å². The fourth-order valence-electron chi connectivity index (χ4n) is 2.60. The summed E-state index contributed by atoms with van der Waals surface area (Å²) in [5.74, 6) is -1.04. The fourth-order valence-corrected chi connectivity index (χ4v) is 2.60. The molecule has 2 rings (SSSR count). The highest BCUT2D eigenvalue weighted by atomic mass is 16.4. The Hall–Kier alpha value is -2.63. The van der Waals surface area contributed by atoms with Crippen LogP contribution in [0.25, 0.3) is 0 Å². The van der Waals surface area contributed by atoms with Crippen LogP contribution in [0.5, 0.6) is 0 Å². The number of hydrogen-bond donors (Lipinski definition) is 1. The Morgan fingerprint density at radius 3 is 2.30 bits per heavy atom. The van der Waals surface area contributed by atoms with Gasteiger partial charge in [-0.05, 0) is 38.5 Å². The van der Waals surface area contributed by atoms with E-state index in [-0.39, 0.29) is 11.5 Å². The van der Waals surface area contributed by atoms with Crippen LogP contribution in [0, 0.1) is 13.8 Å². The molecule has 6 heteroatoms. The van der Waals surface area contributed by atoms with Crippen LogP contribution in [0.4, 0.5) is 0 Å². The average molecular weight is 315 g/mol. The summed E-state index contributed by atoms with van der Waals surface area (Å²) in [6.07, 6.45) is 0. The molecule has 1 aromatic carbocycles. The summed E-state index contributed by atoms with van der Waals surface area (Å²) in [6.45, 7) is 6.85. The molecule has 0 unspecified atom stereocenters. The minimum atomic E-state index is -0.959. The summed E-state index contributed by atoms with van der Waals surface area (Å²) in [6, 6.07) is 6.54. The Balaban J connectivity index is 2.17. The third-order valence-corrected chi connectivity index (χ3v) is 3.86. The van der Waals surface area contributed by atoms with Crippen molar-refractivity contribution < 1.29 is 14.7 Å². The van der Waals surface area contributed by atoms with Crippen LogP contribution in [-0.2, 0) is 13.1 Å². The van der Waals surface area contributed by atoms with E-state index in [2.05, 4.69) is 5.10 Å². The number of carboxylic acids is 1. The number of nitrogens with zero attached hydrogens (tertiary/aromatic N) is 3. The molecule has 0 aliphatic rings. The zero-order chi connectivity index (χ0) is 17.1. The predicted octanol–water partition coefficient (Wildman–Crippen LogP) is 2.49. The van der Waals surface area contributed by atoms with E-state index in [1.807, 2.05) is 25.5 Å². The number of carbonyl (C=O) groups is 2. The van der Waals surface area contributed by atoms with Crippen molar-refractivity contribution >= 4 is 11.9 Å². The molecule has 1 N–H and O–H groups in total. The van der Waals surface area contributed by atoms with E-state index in [4.69, 9.17) is 5.11 Å². The Bertz CT molecular complexity index is 732. The lowest BCUT2D eigenvalue weighted by Crippen LogP contribution is -2.27. The van der Waals surface area contributed by atoms with Crippen LogP contribution in [0.15, 0.2) is 24.3 Å². The van der Waals surface area contributed by atoms with Gasteiger partial charge in [0.05, 0.1) is 16.8 Å². The average Bonchev–Trinajstić information content (AvgIpc) is 2.81. The van der Waals surface area contributed by atoms with Crippen molar-refractivity contribution in [3.8, 4) is 0 Å². The quantitative estimate of drug-likeness (QED) is 0.920. The molecule has 0 fully saturated rings. The number of benzene rings is 1. The number of carbonyl (C=O) groups excluding carboxylic acids is 1. The summed E-state index contributed by atoms with van der Waals surface area (Å²) < 4.78 is 1.82. The second kappa shape index (κ2) is 6.64. The van der Waals surface area contributed by atoms with E-state index >= 15 is 0 Å². The van der Waals surface area contributed by atoms with Crippen molar-refractivity contribution in [3.63, 3.8) is 0 Å². The molecule has 1 aromatic heterocycles. The van der Waals surface area contributed by atoms with Gasteiger partial charge in [-0.3, -0.25) is 9.48 Å². The van der Waals surface area contributed by atoms with Crippen molar-refractivity contribution in [1.29, 1.82) is 0 Å². The SMILES string of the molecule is CCn1nc(C)c(C(=O)N(C)Cc2ccc(C(=O)O)cc2)c1C. The lowest BCUT2D eigenvalue weighted by molar-refractivity contribution is 0.0695. The van der Waals surface area contributed by atoms with Crippen molar-refractivity contribution in [2.75, 3.05) is 7.05 Å². The Labute approximate surface area is 135 Å². The van der Waals surface area contributed by atoms with Gasteiger partial charge in [-0.1, -0.05) is 12.1 Å². The predicted molar refractivity (Wildman–Crippen MR) is 86.6 cm³/mol. The molecule has 0 saturated carbocycles. The van der Waals surface area contributed by atoms with Crippen molar-refractivity contribution in [1.82, 2.24) is 14.7 Å². The highest BCUT2D eigenvalue weighted by Crippen LogP contribution is 2.17. The minimum Gasteiger partial charge on any atom is -0.478 e. The summed E-state index contributed by atoms with van der Waals surface area (Å²) in [7, 11) is 1.73. The van der Waals surface area contributed by atoms with E-state index in [1.165, 1.54) is 0 Å². The molecule has 0 spiro atoms. The molecule has 1 heterocycles. The van der Waals surface area contributed by atoms with E-state index in [0.717, 1.165) is 23.5 Å². The third-order valence-electron chi connectivity index (χ3n) is 3.86. The van der Waals surface area contributed by atoms with Gasteiger partial charge in [-0.25, -0.2) is 4.79 Å². The first-order valence-electron chi connectivity index (χ1n) is 7.46. The normalized spacial score (nSPS) is 10.6. The van der Waals surface area contributed by atoms with Crippen LogP contribution in [0.3, 0.4) is 0 Å². The minimum absolute atomic E-state index is 0.0815. The summed E-state index contributed by atoms with van der Waals surface area (Å²) in [5, 5.41) is 13.3. The van der Waals surface area contributed by atoms with E-state index < -0.39 is 5.97 Å². The van der Waals surface area contributed by atoms with Crippen molar-refractivity contribution in [2.45, 2.75) is 33.9 Å². The molecule has 0 radical (unpaired) electrons. The van der Waals surface area contributed by atoms with E-state index in [9.17, 15) is 9.59 Å². The Morgan fingerprint density at radius 2 is 1.83 bits per heavy atom. The highest BCUT2D eigenvalue weighted by molar-refractivity contribution is 5.96. The van der Waals surface area contributed by atoms with Gasteiger partial charge in [-0.15, -0.1) is 0 Å². The van der Waals surface area contributed by atoms with Gasteiger partial charge in [0.25, 0.3) is 5.91 Å². The first kappa shape index (κ1) is 16.7. The molecule has 122 valence electrons. The van der Waals surface area contributed by atoms with Crippen molar-refractivity contribution in [3.05, 3.63) is 52.3 Å². The maximum atomic E-state index is 12.7. The molecule has 23 heavy (non-hydrogen) atoms. The molecular formula is C17H21N3O3. The smallest absolute Gasteiger partial charge is 0.335 e. The van der Waals surface area contributed by atoms with Crippen LogP contribution in [0.2, 0.25) is 0 Å². The molecular weight excluding hydrogens is 294 g/mol. The summed E-state index contributed by atoms with van der Waals surface area (Å²) >= 11 is 0. The topological polar surface area (TPSA) is 75.4 Å². The Morgan fingerprint density at radius 1 is 1.22 bits per heavy atom. The second-order valence-corrected chi connectivity index (χ2v) is 5.52. The van der Waals surface area contributed by atoms with Crippen LogP contribution in [-0.4, -0.2) is 38.7 Å². The Kier molecular flexibility index (Phi) is 4.83. The lowest BCUT2D eigenvalue weighted by Gasteiger charge is -2.17. The molecule has 2 aromatic rings. The molecule has 0 aliphatic carbocycles. The number of aryl methyl sites for hydroxylation is 2. The fraction of sp³-hybridized carbons (Fsp3) is 0.353. The third kappa shape index (κ3) is 3.41. The van der Waals surface area contributed by atoms with Gasteiger partial charge in [0.2, 0.25) is 0 Å². The number of aromatic nitrogens is 2. The van der Waals surface area contributed by atoms with Crippen LogP contribution < -0.4 is 0 Å². The molecule has 0 aliphatic heterocycles. The standard InChI is InChI=1S/C17H21N3O3/c1-5-20-12(3)15(11(2)18-20)16(21)19(4)10-13-6-8-14(9-7-13)17(22)23/h6-9H,5,10H2,1-4H3,(H,22,23). The van der Waals surface area contributed by atoms with Gasteiger partial charge >= 0.3 is 5.97 Å². The molecule has 0 bridgehead atoms. The number of rotatable bonds is 5. The monoisotopic (exact) mass is 315 g/mol. The molecule has 1 amide bonds. The number of carboxylic acid groups (broad SMARTS) is 1. The second-order valence-electron chi connectivity index (χ2n) is 5.52. The number of hydrogen-bond acceptors (Lipinski definition) is 3. The maximum absolute atomic E-state index is 12.7. The molecule has 0 atom stereocenters. The maximum Gasteiger partial charge on any atom is 0.335 e. The van der Waals surface area contributed by atoms with Gasteiger partial charge in [-0.2, -0.15) is 5.10 Å². The van der Waals surface area contributed by atoms with E-state index in [1.54, 1.807) is 36.2 Å². The molecule has 0 saturated heterocycles. The number of amides is 1. The summed E-state index contributed by atoms with van der Waals surface area (Å²) in [5.41, 5.74) is 3.34. The first-order valence-corrected chi connectivity index (χ1v) is 7.46. The van der Waals surface area contributed by atoms with Crippen LogP contribution >= 0.6 is 0 Å². The van der Waals surface area contributed by atoms with Gasteiger partial charge < -0.3 is 10.0 Å². The zero-order valence-electron chi connectivity index (χ0n) is 13.8. The number of aromatic carboxylic acids is 1. The highest BCUT2D eigenvalue weighted by Gasteiger charge is 2.21. The first-order chi connectivity index (χ1) is 10.8. The van der Waals surface area contributed by atoms with E-state index in [0.29, 0.717) is 12.1 Å². The molecule has 6 nitrogen and oxygen atoms in total. The van der Waals surface area contributed by atoms with Gasteiger partial charge in [0.15, 0.2) is 0 Å². The largest absolute Gasteiger partial charge is 0.478 e. The van der Waals surface area contributed by atoms with Crippen molar-refractivity contribution in [2.24, 2.45) is 0 Å². The summed E-state index contributed by atoms with van der Waals surface area (Å²) in [4.78, 5) is 25.2. The van der Waals surface area contributed by atoms with Gasteiger partial charge in [0, 0.05) is 25.8 Å². The van der Waals surface area contributed by atoms with Crippen LogP contribution in [0.1, 0.15) is 44.6 Å². The zero-order valence-corrected chi connectivity index (χ0v) is 13.8.